The van der Waals surface area contributed by atoms with Gasteiger partial charge in [-0.05, 0) is 19.1 Å². The average Bonchev–Trinajstić information content (AvgIpc) is 3.12. The van der Waals surface area contributed by atoms with E-state index < -0.39 is 0 Å². The highest BCUT2D eigenvalue weighted by Crippen LogP contribution is 2.24. The highest BCUT2D eigenvalue weighted by Gasteiger charge is 2.13. The smallest absolute Gasteiger partial charge is 0.236 e. The Bertz CT molecular complexity index is 859. The van der Waals surface area contributed by atoms with Crippen molar-refractivity contribution in [2.75, 3.05) is 11.1 Å². The fourth-order valence-electron chi connectivity index (χ4n) is 1.99. The molecular formula is C15H14BrN5OS2. The lowest BCUT2D eigenvalue weighted by molar-refractivity contribution is -0.113. The maximum absolute atomic E-state index is 12.0. The maximum atomic E-state index is 12.0. The summed E-state index contributed by atoms with van der Waals surface area (Å²) in [6.07, 6.45) is 0. The molecule has 0 spiro atoms. The number of hydrogen-bond donors (Lipinski definition) is 1. The number of thiazole rings is 1. The summed E-state index contributed by atoms with van der Waals surface area (Å²) in [6.45, 7) is 1.89. The molecule has 3 aromatic rings. The first kappa shape index (κ1) is 17.1. The van der Waals surface area contributed by atoms with Crippen molar-refractivity contribution in [2.24, 2.45) is 7.05 Å². The maximum Gasteiger partial charge on any atom is 0.236 e. The molecule has 1 amide bonds. The van der Waals surface area contributed by atoms with Crippen molar-refractivity contribution in [1.82, 2.24) is 19.7 Å². The third-order valence-corrected chi connectivity index (χ3v) is 5.56. The second-order valence-electron chi connectivity index (χ2n) is 5.00. The Morgan fingerprint density at radius 3 is 2.75 bits per heavy atom. The minimum absolute atomic E-state index is 0.109. The second kappa shape index (κ2) is 7.45. The van der Waals surface area contributed by atoms with Gasteiger partial charge in [-0.3, -0.25) is 4.79 Å². The molecule has 2 heterocycles. The second-order valence-corrected chi connectivity index (χ2v) is 7.72. The van der Waals surface area contributed by atoms with Gasteiger partial charge in [0.05, 0.1) is 11.4 Å². The Labute approximate surface area is 155 Å². The van der Waals surface area contributed by atoms with Crippen LogP contribution in [0.2, 0.25) is 0 Å². The summed E-state index contributed by atoms with van der Waals surface area (Å²) in [4.78, 5) is 16.2. The third-order valence-electron chi connectivity index (χ3n) is 3.14. The zero-order chi connectivity index (χ0) is 17.1. The summed E-state index contributed by atoms with van der Waals surface area (Å²) in [6, 6.07) is 7.86. The predicted octanol–water partition coefficient (Wildman–Crippen LogP) is 3.74. The van der Waals surface area contributed by atoms with E-state index in [0.29, 0.717) is 10.3 Å². The molecule has 0 saturated carbocycles. The molecule has 2 aromatic heterocycles. The van der Waals surface area contributed by atoms with Gasteiger partial charge < -0.3 is 9.88 Å². The predicted molar refractivity (Wildman–Crippen MR) is 100 cm³/mol. The van der Waals surface area contributed by atoms with E-state index in [4.69, 9.17) is 0 Å². The quantitative estimate of drug-likeness (QED) is 0.632. The number of anilines is 1. The van der Waals surface area contributed by atoms with Gasteiger partial charge in [0, 0.05) is 22.5 Å². The average molecular weight is 424 g/mol. The molecule has 0 fully saturated rings. The van der Waals surface area contributed by atoms with Crippen molar-refractivity contribution in [2.45, 2.75) is 12.1 Å². The van der Waals surface area contributed by atoms with Crippen LogP contribution in [0.25, 0.3) is 11.4 Å². The van der Waals surface area contributed by atoms with Crippen molar-refractivity contribution >= 4 is 50.1 Å². The number of carbonyl (C=O) groups excluding carboxylic acids is 1. The van der Waals surface area contributed by atoms with Crippen molar-refractivity contribution in [1.29, 1.82) is 0 Å². The van der Waals surface area contributed by atoms with Gasteiger partial charge in [0.1, 0.15) is 0 Å². The number of aryl methyl sites for hydroxylation is 1. The van der Waals surface area contributed by atoms with Gasteiger partial charge in [0.15, 0.2) is 16.1 Å². The first-order valence-corrected chi connectivity index (χ1v) is 9.69. The summed E-state index contributed by atoms with van der Waals surface area (Å²) in [5.41, 5.74) is 1.87. The Hall–Kier alpha value is -1.71. The Morgan fingerprint density at radius 1 is 1.33 bits per heavy atom. The number of hydrogen-bond acceptors (Lipinski definition) is 6. The van der Waals surface area contributed by atoms with E-state index in [1.165, 1.54) is 23.1 Å². The lowest BCUT2D eigenvalue weighted by Crippen LogP contribution is -2.14. The topological polar surface area (TPSA) is 72.7 Å². The van der Waals surface area contributed by atoms with E-state index in [-0.39, 0.29) is 11.7 Å². The number of thioether (sulfide) groups is 1. The van der Waals surface area contributed by atoms with Gasteiger partial charge in [-0.2, -0.15) is 0 Å². The van der Waals surface area contributed by atoms with Crippen LogP contribution in [0.4, 0.5) is 5.13 Å². The summed E-state index contributed by atoms with van der Waals surface area (Å²) in [7, 11) is 1.89. The molecule has 0 unspecified atom stereocenters. The molecule has 9 heteroatoms. The molecule has 0 aliphatic carbocycles. The van der Waals surface area contributed by atoms with Crippen LogP contribution >= 0.6 is 39.0 Å². The standard InChI is InChI=1S/C15H14BrN5OS2/c1-9-7-23-14(17-9)18-12(22)8-24-15-20-19-13(21(15)2)10-3-5-11(16)6-4-10/h3-7H,8H2,1-2H3,(H,17,18,22). The molecule has 6 nitrogen and oxygen atoms in total. The number of benzene rings is 1. The normalized spacial score (nSPS) is 10.8. The molecule has 0 saturated heterocycles. The van der Waals surface area contributed by atoms with E-state index in [1.807, 2.05) is 48.2 Å². The first-order valence-electron chi connectivity index (χ1n) is 7.03. The highest BCUT2D eigenvalue weighted by molar-refractivity contribution is 9.10. The molecule has 124 valence electrons. The van der Waals surface area contributed by atoms with Gasteiger partial charge in [-0.25, -0.2) is 4.98 Å². The fraction of sp³-hybridized carbons (Fsp3) is 0.200. The fourth-order valence-corrected chi connectivity index (χ4v) is 3.67. The Balaban J connectivity index is 1.63. The number of halogens is 1. The van der Waals surface area contributed by atoms with Crippen LogP contribution in [0.3, 0.4) is 0 Å². The van der Waals surface area contributed by atoms with Crippen LogP contribution in [0.15, 0.2) is 39.3 Å². The molecule has 24 heavy (non-hydrogen) atoms. The molecule has 0 aliphatic rings. The van der Waals surface area contributed by atoms with Crippen molar-refractivity contribution in [3.05, 3.63) is 39.8 Å². The van der Waals surface area contributed by atoms with Crippen molar-refractivity contribution < 1.29 is 4.79 Å². The minimum Gasteiger partial charge on any atom is -0.305 e. The Kier molecular flexibility index (Phi) is 5.32. The monoisotopic (exact) mass is 423 g/mol. The van der Waals surface area contributed by atoms with Gasteiger partial charge in [-0.15, -0.1) is 21.5 Å². The lowest BCUT2D eigenvalue weighted by atomic mass is 10.2. The van der Waals surface area contributed by atoms with E-state index in [1.54, 1.807) is 0 Å². The van der Waals surface area contributed by atoms with Crippen LogP contribution in [-0.2, 0) is 11.8 Å². The molecule has 1 aromatic carbocycles. The SMILES string of the molecule is Cc1csc(NC(=O)CSc2nnc(-c3ccc(Br)cc3)n2C)n1. The van der Waals surface area contributed by atoms with Gasteiger partial charge in [0.2, 0.25) is 5.91 Å². The molecule has 0 bridgehead atoms. The molecule has 0 radical (unpaired) electrons. The zero-order valence-electron chi connectivity index (χ0n) is 13.0. The molecule has 3 rings (SSSR count). The summed E-state index contributed by atoms with van der Waals surface area (Å²) in [5.74, 6) is 0.911. The Morgan fingerprint density at radius 2 is 2.08 bits per heavy atom. The van der Waals surface area contributed by atoms with E-state index in [2.05, 4.69) is 36.4 Å². The minimum atomic E-state index is -0.109. The number of rotatable bonds is 5. The van der Waals surface area contributed by atoms with Gasteiger partial charge >= 0.3 is 0 Å². The van der Waals surface area contributed by atoms with Crippen LogP contribution in [0.5, 0.6) is 0 Å². The van der Waals surface area contributed by atoms with E-state index >= 15 is 0 Å². The van der Waals surface area contributed by atoms with Crippen molar-refractivity contribution in [3.63, 3.8) is 0 Å². The van der Waals surface area contributed by atoms with E-state index in [9.17, 15) is 4.79 Å². The van der Waals surface area contributed by atoms with Crippen LogP contribution < -0.4 is 5.32 Å². The zero-order valence-corrected chi connectivity index (χ0v) is 16.2. The molecule has 0 atom stereocenters. The number of aromatic nitrogens is 4. The first-order chi connectivity index (χ1) is 11.5. The van der Waals surface area contributed by atoms with Crippen LogP contribution in [0.1, 0.15) is 5.69 Å². The van der Waals surface area contributed by atoms with E-state index in [0.717, 1.165) is 21.6 Å². The highest BCUT2D eigenvalue weighted by atomic mass is 79.9. The van der Waals surface area contributed by atoms with Crippen molar-refractivity contribution in [3.8, 4) is 11.4 Å². The number of nitrogens with zero attached hydrogens (tertiary/aromatic N) is 4. The van der Waals surface area contributed by atoms with Crippen LogP contribution in [-0.4, -0.2) is 31.4 Å². The largest absolute Gasteiger partial charge is 0.305 e. The van der Waals surface area contributed by atoms with Gasteiger partial charge in [0.25, 0.3) is 0 Å². The molecular weight excluding hydrogens is 410 g/mol. The number of nitrogens with one attached hydrogen (secondary N) is 1. The molecule has 0 aliphatic heterocycles. The molecule has 1 N–H and O–H groups in total. The third kappa shape index (κ3) is 4.03. The number of amides is 1. The van der Waals surface area contributed by atoms with Gasteiger partial charge in [-0.1, -0.05) is 39.8 Å². The summed E-state index contributed by atoms with van der Waals surface area (Å²) >= 11 is 6.18. The van der Waals surface area contributed by atoms with Crippen LogP contribution in [0, 0.1) is 6.92 Å². The summed E-state index contributed by atoms with van der Waals surface area (Å²) < 4.78 is 2.89. The number of carbonyl (C=O) groups is 1. The summed E-state index contributed by atoms with van der Waals surface area (Å²) in [5, 5.41) is 14.4. The lowest BCUT2D eigenvalue weighted by Gasteiger charge is -2.04.